The van der Waals surface area contributed by atoms with Gasteiger partial charge in [0.05, 0.1) is 0 Å². The molecule has 1 aliphatic rings. The first-order valence-electron chi connectivity index (χ1n) is 7.13. The smallest absolute Gasteiger partial charge is 0.140 e. The van der Waals surface area contributed by atoms with Gasteiger partial charge in [0, 0.05) is 12.7 Å². The Morgan fingerprint density at radius 2 is 2.05 bits per heavy atom. The number of hydrazine groups is 1. The number of anilines is 1. The first kappa shape index (κ1) is 14.3. The van der Waals surface area contributed by atoms with Gasteiger partial charge < -0.3 is 5.43 Å². The van der Waals surface area contributed by atoms with Crippen LogP contribution in [0.5, 0.6) is 0 Å². The van der Waals surface area contributed by atoms with Gasteiger partial charge in [-0.25, -0.2) is 10.8 Å². The van der Waals surface area contributed by atoms with Crippen molar-refractivity contribution in [1.29, 1.82) is 0 Å². The van der Waals surface area contributed by atoms with Crippen molar-refractivity contribution in [2.45, 2.75) is 40.2 Å². The maximum absolute atomic E-state index is 5.39. The van der Waals surface area contributed by atoms with Crippen LogP contribution in [0, 0.1) is 11.3 Å². The quantitative estimate of drug-likeness (QED) is 0.649. The van der Waals surface area contributed by atoms with E-state index >= 15 is 0 Å². The summed E-state index contributed by atoms with van der Waals surface area (Å²) in [7, 11) is 0. The van der Waals surface area contributed by atoms with Gasteiger partial charge in [-0.05, 0) is 55.0 Å². The summed E-state index contributed by atoms with van der Waals surface area (Å²) in [5.74, 6) is 6.98. The van der Waals surface area contributed by atoms with E-state index in [-0.39, 0.29) is 0 Å². The summed E-state index contributed by atoms with van der Waals surface area (Å²) < 4.78 is 0. The number of hydrogen-bond acceptors (Lipinski definition) is 4. The van der Waals surface area contributed by atoms with Crippen molar-refractivity contribution >= 4 is 5.82 Å². The number of hydrogen-bond donors (Lipinski definition) is 2. The van der Waals surface area contributed by atoms with Gasteiger partial charge in [0.25, 0.3) is 0 Å². The molecule has 2 rings (SSSR count). The zero-order chi connectivity index (χ0) is 13.9. The predicted octanol–water partition coefficient (Wildman–Crippen LogP) is 2.63. The average molecular weight is 262 g/mol. The summed E-state index contributed by atoms with van der Waals surface area (Å²) in [5, 5.41) is 0. The monoisotopic (exact) mass is 262 g/mol. The molecule has 19 heavy (non-hydrogen) atoms. The van der Waals surface area contributed by atoms with Crippen LogP contribution in [0.25, 0.3) is 0 Å². The lowest BCUT2D eigenvalue weighted by Crippen LogP contribution is -2.37. The van der Waals surface area contributed by atoms with Crippen LogP contribution in [-0.2, 0) is 6.54 Å². The first-order chi connectivity index (χ1) is 8.99. The summed E-state index contributed by atoms with van der Waals surface area (Å²) in [6, 6.07) is 4.09. The fourth-order valence-corrected chi connectivity index (χ4v) is 2.87. The molecule has 1 saturated heterocycles. The molecule has 106 valence electrons. The minimum absolute atomic E-state index is 0.444. The maximum Gasteiger partial charge on any atom is 0.140 e. The Morgan fingerprint density at radius 3 is 2.63 bits per heavy atom. The lowest BCUT2D eigenvalue weighted by Gasteiger charge is -2.38. The number of likely N-dealkylation sites (tertiary alicyclic amines) is 1. The van der Waals surface area contributed by atoms with Crippen LogP contribution < -0.4 is 11.3 Å². The Hall–Kier alpha value is -1.13. The van der Waals surface area contributed by atoms with Crippen molar-refractivity contribution in [3.63, 3.8) is 0 Å². The average Bonchev–Trinajstić information content (AvgIpc) is 2.38. The van der Waals surface area contributed by atoms with E-state index in [2.05, 4.69) is 42.1 Å². The van der Waals surface area contributed by atoms with E-state index < -0.39 is 0 Å². The lowest BCUT2D eigenvalue weighted by atomic mass is 9.75. The zero-order valence-corrected chi connectivity index (χ0v) is 12.3. The third-order valence-electron chi connectivity index (χ3n) is 4.19. The van der Waals surface area contributed by atoms with Crippen LogP contribution in [0.1, 0.15) is 39.2 Å². The van der Waals surface area contributed by atoms with Gasteiger partial charge in [-0.1, -0.05) is 20.8 Å². The molecule has 0 radical (unpaired) electrons. The Balaban J connectivity index is 1.88. The fourth-order valence-electron chi connectivity index (χ4n) is 2.87. The Labute approximate surface area is 116 Å². The second-order valence-corrected chi connectivity index (χ2v) is 6.61. The summed E-state index contributed by atoms with van der Waals surface area (Å²) >= 11 is 0. The van der Waals surface area contributed by atoms with E-state index in [1.54, 1.807) is 0 Å². The molecule has 0 bridgehead atoms. The van der Waals surface area contributed by atoms with Crippen molar-refractivity contribution in [3.8, 4) is 0 Å². The molecule has 0 aliphatic carbocycles. The summed E-state index contributed by atoms with van der Waals surface area (Å²) in [5.41, 5.74) is 4.32. The normalized spacial score (nSPS) is 18.5. The van der Waals surface area contributed by atoms with Gasteiger partial charge in [0.1, 0.15) is 5.82 Å². The molecule has 3 N–H and O–H groups in total. The second-order valence-electron chi connectivity index (χ2n) is 6.61. The van der Waals surface area contributed by atoms with E-state index in [0.29, 0.717) is 5.41 Å². The molecule has 1 aromatic rings. The molecule has 4 nitrogen and oxygen atoms in total. The largest absolute Gasteiger partial charge is 0.308 e. The predicted molar refractivity (Wildman–Crippen MR) is 79.5 cm³/mol. The van der Waals surface area contributed by atoms with Crippen LogP contribution >= 0.6 is 0 Å². The van der Waals surface area contributed by atoms with Gasteiger partial charge in [0.15, 0.2) is 0 Å². The fraction of sp³-hybridized carbons (Fsp3) is 0.667. The van der Waals surface area contributed by atoms with E-state index in [0.717, 1.165) is 18.3 Å². The SMILES string of the molecule is CC(C)(C)C1CCN(Cc2ccnc(NN)c2)CC1. The van der Waals surface area contributed by atoms with Crippen LogP contribution in [-0.4, -0.2) is 23.0 Å². The highest BCUT2D eigenvalue weighted by Crippen LogP contribution is 2.34. The van der Waals surface area contributed by atoms with Gasteiger partial charge in [-0.3, -0.25) is 4.90 Å². The second kappa shape index (κ2) is 5.88. The molecule has 1 aliphatic heterocycles. The molecular weight excluding hydrogens is 236 g/mol. The highest BCUT2D eigenvalue weighted by atomic mass is 15.2. The van der Waals surface area contributed by atoms with Crippen molar-refractivity contribution in [3.05, 3.63) is 23.9 Å². The number of nitrogen functional groups attached to an aromatic ring is 1. The molecule has 1 aromatic heterocycles. The number of piperidine rings is 1. The molecule has 0 saturated carbocycles. The van der Waals surface area contributed by atoms with E-state index in [1.807, 2.05) is 12.3 Å². The molecule has 2 heterocycles. The molecule has 0 spiro atoms. The number of pyridine rings is 1. The Kier molecular flexibility index (Phi) is 4.42. The molecule has 0 aromatic carbocycles. The molecule has 0 unspecified atom stereocenters. The number of aromatic nitrogens is 1. The summed E-state index contributed by atoms with van der Waals surface area (Å²) in [6.45, 7) is 10.4. The topological polar surface area (TPSA) is 54.2 Å². The van der Waals surface area contributed by atoms with Crippen LogP contribution in [0.2, 0.25) is 0 Å². The zero-order valence-electron chi connectivity index (χ0n) is 12.3. The third-order valence-corrected chi connectivity index (χ3v) is 4.19. The van der Waals surface area contributed by atoms with Crippen molar-refractivity contribution < 1.29 is 0 Å². The molecule has 0 atom stereocenters. The number of rotatable bonds is 3. The highest BCUT2D eigenvalue weighted by molar-refractivity contribution is 5.35. The number of nitrogens with one attached hydrogen (secondary N) is 1. The van der Waals surface area contributed by atoms with Gasteiger partial charge in [-0.15, -0.1) is 0 Å². The minimum atomic E-state index is 0.444. The lowest BCUT2D eigenvalue weighted by molar-refractivity contribution is 0.108. The van der Waals surface area contributed by atoms with E-state index in [4.69, 9.17) is 5.84 Å². The van der Waals surface area contributed by atoms with Gasteiger partial charge >= 0.3 is 0 Å². The Morgan fingerprint density at radius 1 is 1.37 bits per heavy atom. The third kappa shape index (κ3) is 3.91. The number of nitrogens with zero attached hydrogens (tertiary/aromatic N) is 2. The highest BCUT2D eigenvalue weighted by Gasteiger charge is 2.28. The van der Waals surface area contributed by atoms with E-state index in [9.17, 15) is 0 Å². The van der Waals surface area contributed by atoms with Crippen molar-refractivity contribution in [2.24, 2.45) is 17.2 Å². The maximum atomic E-state index is 5.39. The Bertz CT molecular complexity index is 403. The van der Waals surface area contributed by atoms with Crippen LogP contribution in [0.3, 0.4) is 0 Å². The van der Waals surface area contributed by atoms with Crippen molar-refractivity contribution in [2.75, 3.05) is 18.5 Å². The van der Waals surface area contributed by atoms with Crippen LogP contribution in [0.15, 0.2) is 18.3 Å². The van der Waals surface area contributed by atoms with Gasteiger partial charge in [-0.2, -0.15) is 0 Å². The molecule has 4 heteroatoms. The van der Waals surface area contributed by atoms with Crippen LogP contribution in [0.4, 0.5) is 5.82 Å². The number of nitrogens with two attached hydrogens (primary N) is 1. The minimum Gasteiger partial charge on any atom is -0.308 e. The van der Waals surface area contributed by atoms with Gasteiger partial charge in [0.2, 0.25) is 0 Å². The summed E-state index contributed by atoms with van der Waals surface area (Å²) in [6.07, 6.45) is 4.42. The molecule has 0 amide bonds. The first-order valence-corrected chi connectivity index (χ1v) is 7.13. The van der Waals surface area contributed by atoms with E-state index in [1.165, 1.54) is 31.5 Å². The molecule has 1 fully saturated rings. The summed E-state index contributed by atoms with van der Waals surface area (Å²) in [4.78, 5) is 6.67. The standard InChI is InChI=1S/C15H26N4/c1-15(2,3)13-5-8-19(9-6-13)11-12-4-7-17-14(10-12)18-16/h4,7,10,13H,5-6,8-9,11,16H2,1-3H3,(H,17,18). The van der Waals surface area contributed by atoms with Crippen molar-refractivity contribution in [1.82, 2.24) is 9.88 Å². The molecular formula is C15H26N4.